The molecule has 0 radical (unpaired) electrons. The van der Waals surface area contributed by atoms with Crippen molar-refractivity contribution in [1.82, 2.24) is 0 Å². The second-order valence-electron chi connectivity index (χ2n) is 5.43. The van der Waals surface area contributed by atoms with E-state index in [1.165, 1.54) is 0 Å². The summed E-state index contributed by atoms with van der Waals surface area (Å²) in [5, 5.41) is -1.26. The molecule has 28 heavy (non-hydrogen) atoms. The predicted molar refractivity (Wildman–Crippen MR) is 89.7 cm³/mol. The lowest BCUT2D eigenvalue weighted by molar-refractivity contribution is -0.201. The Morgan fingerprint density at radius 2 is 1.07 bits per heavy atom. The van der Waals surface area contributed by atoms with Crippen LogP contribution in [0.3, 0.4) is 0 Å². The normalized spacial score (nSPS) is 14.5. The molecular weight excluding hydrogens is 404 g/mol. The van der Waals surface area contributed by atoms with Gasteiger partial charge in [0.2, 0.25) is 6.10 Å². The van der Waals surface area contributed by atoms with E-state index in [0.29, 0.717) is 0 Å². The quantitative estimate of drug-likeness (QED) is 0.266. The molecule has 11 nitrogen and oxygen atoms in total. The molecule has 0 fully saturated rings. The topological polar surface area (TPSA) is 149 Å². The maximum absolute atomic E-state index is 11.8. The van der Waals surface area contributed by atoms with E-state index in [-0.39, 0.29) is 0 Å². The molecule has 0 heterocycles. The zero-order chi connectivity index (χ0) is 22.0. The summed E-state index contributed by atoms with van der Waals surface area (Å²) >= 11 is 5.44. The summed E-state index contributed by atoms with van der Waals surface area (Å²) in [6.45, 7) is 4.38. The van der Waals surface area contributed by atoms with Gasteiger partial charge in [-0.1, -0.05) is 0 Å². The molecule has 0 aliphatic heterocycles. The van der Waals surface area contributed by atoms with Crippen LogP contribution >= 0.6 is 11.6 Å². The van der Waals surface area contributed by atoms with Gasteiger partial charge < -0.3 is 23.7 Å². The molecule has 12 heteroatoms. The van der Waals surface area contributed by atoms with Gasteiger partial charge >= 0.3 is 29.8 Å². The summed E-state index contributed by atoms with van der Waals surface area (Å²) < 4.78 is 24.5. The zero-order valence-electron chi connectivity index (χ0n) is 15.9. The van der Waals surface area contributed by atoms with E-state index >= 15 is 0 Å². The van der Waals surface area contributed by atoms with Crippen molar-refractivity contribution >= 4 is 46.7 Å². The minimum atomic E-state index is -1.90. The van der Waals surface area contributed by atoms with Crippen LogP contribution in [0.2, 0.25) is 0 Å². The zero-order valence-corrected chi connectivity index (χ0v) is 16.6. The standard InChI is InChI=1S/C16H21ClO11/c1-7(18)24-6-12(25-8(2)19)13(26-9(3)20)14(27-10(4)21)15(16(17)23)28-11(5)22/h12-15H,6H2,1-5H3/t12-,13-,14-,15-/m1/s1. The molecule has 0 aromatic heterocycles. The van der Waals surface area contributed by atoms with Gasteiger partial charge in [0.15, 0.2) is 18.3 Å². The average Bonchev–Trinajstić information content (AvgIpc) is 2.51. The first-order chi connectivity index (χ1) is 12.8. The van der Waals surface area contributed by atoms with Crippen molar-refractivity contribution in [2.75, 3.05) is 6.61 Å². The fraction of sp³-hybridized carbons (Fsp3) is 0.625. The van der Waals surface area contributed by atoms with Gasteiger partial charge in [-0.25, -0.2) is 0 Å². The Kier molecular flexibility index (Phi) is 10.8. The molecule has 0 bridgehead atoms. The van der Waals surface area contributed by atoms with Crippen LogP contribution < -0.4 is 0 Å². The first-order valence-corrected chi connectivity index (χ1v) is 8.24. The average molecular weight is 425 g/mol. The lowest BCUT2D eigenvalue weighted by Gasteiger charge is -2.34. The Balaban J connectivity index is 6.18. The molecule has 4 atom stereocenters. The van der Waals surface area contributed by atoms with Crippen LogP contribution in [0, 0.1) is 0 Å². The Morgan fingerprint density at radius 3 is 1.43 bits per heavy atom. The van der Waals surface area contributed by atoms with Crippen LogP contribution in [0.25, 0.3) is 0 Å². The highest BCUT2D eigenvalue weighted by Gasteiger charge is 2.46. The number of halogens is 1. The number of carbonyl (C=O) groups excluding carboxylic acids is 6. The summed E-state index contributed by atoms with van der Waals surface area (Å²) in [7, 11) is 0. The van der Waals surface area contributed by atoms with Crippen molar-refractivity contribution in [3.05, 3.63) is 0 Å². The first-order valence-electron chi connectivity index (χ1n) is 7.86. The summed E-state index contributed by atoms with van der Waals surface area (Å²) in [5.41, 5.74) is 0. The Bertz CT molecular complexity index is 630. The molecule has 0 rings (SSSR count). The maximum Gasteiger partial charge on any atom is 0.303 e. The molecule has 0 N–H and O–H groups in total. The summed E-state index contributed by atoms with van der Waals surface area (Å²) in [6, 6.07) is 0. The molecular formula is C16H21ClO11. The summed E-state index contributed by atoms with van der Waals surface area (Å²) in [5.74, 6) is -4.46. The fourth-order valence-electron chi connectivity index (χ4n) is 2.07. The predicted octanol–water partition coefficient (Wildman–Crippen LogP) is 0.0417. The van der Waals surface area contributed by atoms with Gasteiger partial charge in [0.05, 0.1) is 0 Å². The molecule has 0 unspecified atom stereocenters. The van der Waals surface area contributed by atoms with Crippen LogP contribution in [-0.4, -0.2) is 66.1 Å². The van der Waals surface area contributed by atoms with Crippen molar-refractivity contribution in [3.63, 3.8) is 0 Å². The van der Waals surface area contributed by atoms with Crippen LogP contribution in [0.5, 0.6) is 0 Å². The molecule has 0 saturated carbocycles. The number of carbonyl (C=O) groups is 6. The molecule has 0 saturated heterocycles. The van der Waals surface area contributed by atoms with Gasteiger partial charge in [0, 0.05) is 34.6 Å². The van der Waals surface area contributed by atoms with Gasteiger partial charge in [-0.3, -0.25) is 28.8 Å². The smallest absolute Gasteiger partial charge is 0.303 e. The van der Waals surface area contributed by atoms with Crippen molar-refractivity contribution in [3.8, 4) is 0 Å². The van der Waals surface area contributed by atoms with Gasteiger partial charge in [0.1, 0.15) is 6.61 Å². The van der Waals surface area contributed by atoms with Crippen molar-refractivity contribution in [1.29, 1.82) is 0 Å². The van der Waals surface area contributed by atoms with Crippen molar-refractivity contribution in [2.45, 2.75) is 59.0 Å². The third-order valence-electron chi connectivity index (χ3n) is 2.88. The molecule has 0 amide bonds. The van der Waals surface area contributed by atoms with E-state index < -0.39 is 66.1 Å². The van der Waals surface area contributed by atoms with E-state index in [2.05, 4.69) is 0 Å². The van der Waals surface area contributed by atoms with Crippen LogP contribution in [0.15, 0.2) is 0 Å². The number of rotatable bonds is 10. The molecule has 0 aliphatic carbocycles. The van der Waals surface area contributed by atoms with Crippen LogP contribution in [0.1, 0.15) is 34.6 Å². The first kappa shape index (κ1) is 25.3. The second kappa shape index (κ2) is 11.9. The minimum absolute atomic E-state index is 0.617. The summed E-state index contributed by atoms with van der Waals surface area (Å²) in [4.78, 5) is 68.7. The molecule has 0 spiro atoms. The minimum Gasteiger partial charge on any atom is -0.462 e. The van der Waals surface area contributed by atoms with Gasteiger partial charge in [-0.15, -0.1) is 0 Å². The maximum atomic E-state index is 11.8. The third-order valence-corrected chi connectivity index (χ3v) is 3.09. The number of ether oxygens (including phenoxy) is 5. The second-order valence-corrected chi connectivity index (χ2v) is 5.81. The monoisotopic (exact) mass is 424 g/mol. The Labute approximate surface area is 165 Å². The Hall–Kier alpha value is -2.69. The van der Waals surface area contributed by atoms with Gasteiger partial charge in [0.25, 0.3) is 5.24 Å². The van der Waals surface area contributed by atoms with E-state index in [1.807, 2.05) is 0 Å². The van der Waals surface area contributed by atoms with E-state index in [0.717, 1.165) is 34.6 Å². The molecule has 158 valence electrons. The molecule has 0 aromatic carbocycles. The number of hydrogen-bond donors (Lipinski definition) is 0. The highest BCUT2D eigenvalue weighted by Crippen LogP contribution is 2.21. The van der Waals surface area contributed by atoms with E-state index in [1.54, 1.807) is 0 Å². The lowest BCUT2D eigenvalue weighted by Crippen LogP contribution is -2.54. The van der Waals surface area contributed by atoms with Gasteiger partial charge in [-0.05, 0) is 11.6 Å². The Morgan fingerprint density at radius 1 is 0.643 bits per heavy atom. The van der Waals surface area contributed by atoms with Crippen molar-refractivity contribution in [2.24, 2.45) is 0 Å². The van der Waals surface area contributed by atoms with Crippen LogP contribution in [0.4, 0.5) is 0 Å². The van der Waals surface area contributed by atoms with Crippen LogP contribution in [-0.2, 0) is 52.5 Å². The lowest BCUT2D eigenvalue weighted by atomic mass is 10.0. The SMILES string of the molecule is CC(=O)OC[C@@H](OC(C)=O)[C@@H](OC(C)=O)[C@@H](OC(C)=O)[C@@H](OC(C)=O)C(=O)Cl. The van der Waals surface area contributed by atoms with Crippen molar-refractivity contribution < 1.29 is 52.5 Å². The summed E-state index contributed by atoms with van der Waals surface area (Å²) in [6.07, 6.45) is -6.90. The van der Waals surface area contributed by atoms with E-state index in [9.17, 15) is 28.8 Å². The number of hydrogen-bond acceptors (Lipinski definition) is 11. The third kappa shape index (κ3) is 9.86. The van der Waals surface area contributed by atoms with Gasteiger partial charge in [-0.2, -0.15) is 0 Å². The number of esters is 5. The molecule has 0 aliphatic rings. The fourth-order valence-corrected chi connectivity index (χ4v) is 2.24. The highest BCUT2D eigenvalue weighted by molar-refractivity contribution is 6.64. The van der Waals surface area contributed by atoms with E-state index in [4.69, 9.17) is 35.3 Å². The molecule has 0 aromatic rings. The largest absolute Gasteiger partial charge is 0.462 e. The highest BCUT2D eigenvalue weighted by atomic mass is 35.5.